The first-order chi connectivity index (χ1) is 12.0. The van der Waals surface area contributed by atoms with Crippen LogP contribution in [0.1, 0.15) is 42.5 Å². The molecule has 3 aromatic rings. The Bertz CT molecular complexity index is 900. The molecule has 0 aliphatic rings. The minimum atomic E-state index is -0.417. The number of carbonyl (C=O) groups excluding carboxylic acids is 1. The van der Waals surface area contributed by atoms with Gasteiger partial charge in [0.25, 0.3) is 5.91 Å². The number of hydrogen-bond donors (Lipinski definition) is 2. The Balaban J connectivity index is 1.77. The van der Waals surface area contributed by atoms with Crippen molar-refractivity contribution in [3.63, 3.8) is 0 Å². The molecule has 25 heavy (non-hydrogen) atoms. The number of halogens is 1. The van der Waals surface area contributed by atoms with Gasteiger partial charge in [-0.3, -0.25) is 19.9 Å². The lowest BCUT2D eigenvalue weighted by atomic mass is 10.2. The van der Waals surface area contributed by atoms with E-state index in [2.05, 4.69) is 32.5 Å². The van der Waals surface area contributed by atoms with Crippen molar-refractivity contribution in [2.24, 2.45) is 0 Å². The zero-order valence-corrected chi connectivity index (χ0v) is 14.2. The Morgan fingerprint density at radius 1 is 1.40 bits per heavy atom. The predicted molar refractivity (Wildman–Crippen MR) is 91.7 cm³/mol. The number of nitrogens with zero attached hydrogens (tertiary/aromatic N) is 4. The summed E-state index contributed by atoms with van der Waals surface area (Å²) >= 11 is 0. The van der Waals surface area contributed by atoms with Crippen LogP contribution in [0.5, 0.6) is 0 Å². The molecule has 2 heterocycles. The molecule has 0 saturated heterocycles. The van der Waals surface area contributed by atoms with Crippen molar-refractivity contribution in [2.75, 3.05) is 5.32 Å². The SMILES string of the molecule is CCC(C)n1nc(C(=O)Nc2n[nH]c(-c3ccccc3F)n2)cc1C. The van der Waals surface area contributed by atoms with Crippen LogP contribution in [0.25, 0.3) is 11.4 Å². The van der Waals surface area contributed by atoms with Gasteiger partial charge in [0, 0.05) is 11.7 Å². The molecule has 1 aromatic carbocycles. The van der Waals surface area contributed by atoms with E-state index in [9.17, 15) is 9.18 Å². The van der Waals surface area contributed by atoms with Crippen molar-refractivity contribution in [3.05, 3.63) is 47.5 Å². The number of amides is 1. The number of aromatic amines is 1. The zero-order valence-electron chi connectivity index (χ0n) is 14.2. The molecule has 0 aliphatic carbocycles. The highest BCUT2D eigenvalue weighted by molar-refractivity contribution is 6.02. The van der Waals surface area contributed by atoms with Gasteiger partial charge in [-0.25, -0.2) is 4.39 Å². The van der Waals surface area contributed by atoms with Gasteiger partial charge in [-0.2, -0.15) is 10.1 Å². The highest BCUT2D eigenvalue weighted by Crippen LogP contribution is 2.19. The first-order valence-corrected chi connectivity index (χ1v) is 8.04. The normalized spacial score (nSPS) is 12.2. The lowest BCUT2D eigenvalue weighted by Crippen LogP contribution is -2.15. The van der Waals surface area contributed by atoms with Crippen LogP contribution in [0.2, 0.25) is 0 Å². The van der Waals surface area contributed by atoms with Crippen molar-refractivity contribution >= 4 is 11.9 Å². The molecule has 7 nitrogen and oxygen atoms in total. The highest BCUT2D eigenvalue weighted by atomic mass is 19.1. The van der Waals surface area contributed by atoms with Crippen LogP contribution in [0.4, 0.5) is 10.3 Å². The molecule has 0 spiro atoms. The third kappa shape index (κ3) is 3.42. The summed E-state index contributed by atoms with van der Waals surface area (Å²) < 4.78 is 15.6. The molecule has 1 amide bonds. The summed E-state index contributed by atoms with van der Waals surface area (Å²) in [7, 11) is 0. The van der Waals surface area contributed by atoms with Crippen molar-refractivity contribution in [3.8, 4) is 11.4 Å². The number of rotatable bonds is 5. The van der Waals surface area contributed by atoms with Crippen LogP contribution in [0.3, 0.4) is 0 Å². The van der Waals surface area contributed by atoms with Crippen molar-refractivity contribution in [2.45, 2.75) is 33.2 Å². The minimum Gasteiger partial charge on any atom is -0.288 e. The van der Waals surface area contributed by atoms with Crippen LogP contribution in [0.15, 0.2) is 30.3 Å². The van der Waals surface area contributed by atoms with Gasteiger partial charge >= 0.3 is 0 Å². The van der Waals surface area contributed by atoms with Gasteiger partial charge in [0.05, 0.1) is 5.56 Å². The molecular weight excluding hydrogens is 323 g/mol. The molecule has 2 N–H and O–H groups in total. The van der Waals surface area contributed by atoms with Crippen LogP contribution in [-0.4, -0.2) is 30.9 Å². The van der Waals surface area contributed by atoms with Gasteiger partial charge in [-0.15, -0.1) is 5.10 Å². The number of hydrogen-bond acceptors (Lipinski definition) is 4. The number of aryl methyl sites for hydroxylation is 1. The van der Waals surface area contributed by atoms with Gasteiger partial charge in [0.1, 0.15) is 5.82 Å². The maximum Gasteiger partial charge on any atom is 0.278 e. The van der Waals surface area contributed by atoms with E-state index in [4.69, 9.17) is 0 Å². The Morgan fingerprint density at radius 3 is 2.88 bits per heavy atom. The average Bonchev–Trinajstić information content (AvgIpc) is 3.21. The second kappa shape index (κ2) is 6.84. The number of benzene rings is 1. The summed E-state index contributed by atoms with van der Waals surface area (Å²) in [5, 5.41) is 13.4. The fraction of sp³-hybridized carbons (Fsp3) is 0.294. The third-order valence-electron chi connectivity index (χ3n) is 4.00. The highest BCUT2D eigenvalue weighted by Gasteiger charge is 2.17. The van der Waals surface area contributed by atoms with Gasteiger partial charge in [-0.05, 0) is 38.5 Å². The topological polar surface area (TPSA) is 88.5 Å². The molecule has 0 bridgehead atoms. The molecule has 0 radical (unpaired) electrons. The Morgan fingerprint density at radius 2 is 2.16 bits per heavy atom. The van der Waals surface area contributed by atoms with Gasteiger partial charge in [0.2, 0.25) is 5.95 Å². The van der Waals surface area contributed by atoms with E-state index in [-0.39, 0.29) is 29.1 Å². The van der Waals surface area contributed by atoms with Crippen LogP contribution >= 0.6 is 0 Å². The summed E-state index contributed by atoms with van der Waals surface area (Å²) in [6.45, 7) is 6.00. The fourth-order valence-electron chi connectivity index (χ4n) is 2.47. The van der Waals surface area contributed by atoms with E-state index in [1.165, 1.54) is 6.07 Å². The molecule has 0 saturated carbocycles. The smallest absolute Gasteiger partial charge is 0.278 e. The molecule has 0 fully saturated rings. The van der Waals surface area contributed by atoms with E-state index in [1.807, 2.05) is 18.5 Å². The molecule has 1 atom stereocenters. The Kier molecular flexibility index (Phi) is 4.60. The van der Waals surface area contributed by atoms with Crippen LogP contribution < -0.4 is 5.32 Å². The number of H-pyrrole nitrogens is 1. The van der Waals surface area contributed by atoms with E-state index in [0.717, 1.165) is 12.1 Å². The number of anilines is 1. The second-order valence-corrected chi connectivity index (χ2v) is 5.81. The summed E-state index contributed by atoms with van der Waals surface area (Å²) in [6.07, 6.45) is 0.913. The molecule has 1 unspecified atom stereocenters. The third-order valence-corrected chi connectivity index (χ3v) is 4.00. The average molecular weight is 342 g/mol. The predicted octanol–water partition coefficient (Wildman–Crippen LogP) is 3.34. The Labute approximate surface area is 144 Å². The number of nitrogens with one attached hydrogen (secondary N) is 2. The molecule has 2 aromatic heterocycles. The van der Waals surface area contributed by atoms with E-state index in [0.29, 0.717) is 0 Å². The van der Waals surface area contributed by atoms with Crippen LogP contribution in [-0.2, 0) is 0 Å². The molecule has 8 heteroatoms. The van der Waals surface area contributed by atoms with E-state index < -0.39 is 11.7 Å². The summed E-state index contributed by atoms with van der Waals surface area (Å²) in [5.74, 6) is -0.516. The summed E-state index contributed by atoms with van der Waals surface area (Å²) in [4.78, 5) is 16.5. The lowest BCUT2D eigenvalue weighted by Gasteiger charge is -2.10. The molecule has 130 valence electrons. The van der Waals surface area contributed by atoms with Gasteiger partial charge < -0.3 is 0 Å². The first kappa shape index (κ1) is 16.8. The maximum atomic E-state index is 13.8. The lowest BCUT2D eigenvalue weighted by molar-refractivity contribution is 0.102. The van der Waals surface area contributed by atoms with Crippen LogP contribution in [0, 0.1) is 12.7 Å². The van der Waals surface area contributed by atoms with Gasteiger partial charge in [-0.1, -0.05) is 19.1 Å². The Hall–Kier alpha value is -3.03. The summed E-state index contributed by atoms with van der Waals surface area (Å²) in [6, 6.07) is 8.13. The molecular formula is C17H19FN6O. The summed E-state index contributed by atoms with van der Waals surface area (Å²) in [5.41, 5.74) is 1.48. The standard InChI is InChI=1S/C17H19FN6O/c1-4-10(2)24-11(3)9-14(23-24)16(25)20-17-19-15(21-22-17)12-7-5-6-8-13(12)18/h5-10H,4H2,1-3H3,(H2,19,20,21,22,25). The van der Waals surface area contributed by atoms with Crippen molar-refractivity contribution in [1.82, 2.24) is 25.0 Å². The molecule has 3 rings (SSSR count). The van der Waals surface area contributed by atoms with Crippen molar-refractivity contribution < 1.29 is 9.18 Å². The quantitative estimate of drug-likeness (QED) is 0.744. The second-order valence-electron chi connectivity index (χ2n) is 5.81. The number of aromatic nitrogens is 5. The molecule has 0 aliphatic heterocycles. The van der Waals surface area contributed by atoms with Gasteiger partial charge in [0.15, 0.2) is 11.5 Å². The first-order valence-electron chi connectivity index (χ1n) is 8.04. The van der Waals surface area contributed by atoms with Crippen molar-refractivity contribution in [1.29, 1.82) is 0 Å². The maximum absolute atomic E-state index is 13.8. The minimum absolute atomic E-state index is 0.0685. The largest absolute Gasteiger partial charge is 0.288 e. The monoisotopic (exact) mass is 342 g/mol. The zero-order chi connectivity index (χ0) is 18.0. The van der Waals surface area contributed by atoms with E-state index >= 15 is 0 Å². The fourth-order valence-corrected chi connectivity index (χ4v) is 2.47. The number of carbonyl (C=O) groups is 1. The van der Waals surface area contributed by atoms with E-state index in [1.54, 1.807) is 24.3 Å².